The van der Waals surface area contributed by atoms with Crippen LogP contribution in [0.15, 0.2) is 41.6 Å². The smallest absolute Gasteiger partial charge is 0.280 e. The third-order valence-corrected chi connectivity index (χ3v) is 6.79. The van der Waals surface area contributed by atoms with E-state index < -0.39 is 6.10 Å². The number of carbonyl (C=O) groups is 1. The summed E-state index contributed by atoms with van der Waals surface area (Å²) in [4.78, 5) is 35.8. The molecule has 4 aromatic rings. The number of rotatable bonds is 7. The van der Waals surface area contributed by atoms with Crippen molar-refractivity contribution in [1.29, 1.82) is 0 Å². The van der Waals surface area contributed by atoms with Crippen LogP contribution in [0, 0.1) is 12.8 Å². The van der Waals surface area contributed by atoms with Crippen LogP contribution >= 0.6 is 11.3 Å². The van der Waals surface area contributed by atoms with Gasteiger partial charge in [0.25, 0.3) is 5.56 Å². The molecule has 0 amide bonds. The predicted octanol–water partition coefficient (Wildman–Crippen LogP) is 2.77. The number of carbonyl (C=O) groups excluding carboxylic acids is 1. The molecule has 1 aliphatic rings. The summed E-state index contributed by atoms with van der Waals surface area (Å²) in [5, 5.41) is 20.9. The van der Waals surface area contributed by atoms with Crippen LogP contribution in [0.3, 0.4) is 0 Å². The van der Waals surface area contributed by atoms with Gasteiger partial charge in [0, 0.05) is 36.8 Å². The van der Waals surface area contributed by atoms with Gasteiger partial charge in [-0.05, 0) is 37.8 Å². The monoisotopic (exact) mass is 465 g/mol. The van der Waals surface area contributed by atoms with Crippen molar-refractivity contribution in [2.75, 3.05) is 17.7 Å². The van der Waals surface area contributed by atoms with Gasteiger partial charge in [-0.1, -0.05) is 0 Å². The molecule has 33 heavy (non-hydrogen) atoms. The van der Waals surface area contributed by atoms with E-state index in [2.05, 4.69) is 25.7 Å². The molecule has 2 atom stereocenters. The molecule has 0 aromatic carbocycles. The number of anilines is 3. The number of hydrogen-bond acceptors (Lipinski definition) is 9. The van der Waals surface area contributed by atoms with E-state index in [4.69, 9.17) is 0 Å². The number of aliphatic hydroxyl groups is 1. The van der Waals surface area contributed by atoms with Gasteiger partial charge in [0.1, 0.15) is 17.3 Å². The third-order valence-electron chi connectivity index (χ3n) is 5.88. The quantitative estimate of drug-likeness (QED) is 0.356. The minimum atomic E-state index is -0.421. The highest BCUT2D eigenvalue weighted by Gasteiger charge is 2.32. The average molecular weight is 466 g/mol. The highest BCUT2D eigenvalue weighted by Crippen LogP contribution is 2.32. The van der Waals surface area contributed by atoms with E-state index in [1.54, 1.807) is 42.2 Å². The second kappa shape index (κ2) is 8.41. The maximum Gasteiger partial charge on any atom is 0.280 e. The van der Waals surface area contributed by atoms with Gasteiger partial charge in [-0.25, -0.2) is 9.97 Å². The van der Waals surface area contributed by atoms with Crippen molar-refractivity contribution in [2.24, 2.45) is 5.92 Å². The molecule has 4 aromatic heterocycles. The molecular weight excluding hydrogens is 442 g/mol. The number of fused-ring (bicyclic) bond motifs is 1. The maximum atomic E-state index is 13.0. The van der Waals surface area contributed by atoms with Crippen LogP contribution in [0.4, 0.5) is 17.3 Å². The Morgan fingerprint density at radius 3 is 2.85 bits per heavy atom. The minimum Gasteiger partial charge on any atom is -0.393 e. The molecule has 170 valence electrons. The van der Waals surface area contributed by atoms with Crippen molar-refractivity contribution in [3.63, 3.8) is 0 Å². The standard InChI is InChI=1S/C22H23N7O3S/c1-12-10-24-22(33-12)28-7-3-4-15(21(28)32)26-18-9-19(23-2)29-20(27-18)14(11-25-29)17(31)8-13-5-6-16(13)30/h3-4,7,9-11,13,16,23,30H,5-6,8H2,1-2H3,(H,26,27)/t13-,16+/m0/s1. The summed E-state index contributed by atoms with van der Waals surface area (Å²) in [5.41, 5.74) is 0.838. The molecule has 10 nitrogen and oxygen atoms in total. The Labute approximate surface area is 192 Å². The Kier molecular flexibility index (Phi) is 5.43. The Bertz CT molecular complexity index is 1410. The van der Waals surface area contributed by atoms with E-state index in [-0.39, 0.29) is 23.7 Å². The van der Waals surface area contributed by atoms with Gasteiger partial charge >= 0.3 is 0 Å². The number of nitrogens with one attached hydrogen (secondary N) is 2. The summed E-state index contributed by atoms with van der Waals surface area (Å²) < 4.78 is 3.03. The van der Waals surface area contributed by atoms with E-state index in [1.807, 2.05) is 6.92 Å². The van der Waals surface area contributed by atoms with E-state index >= 15 is 0 Å². The zero-order valence-electron chi connectivity index (χ0n) is 18.1. The summed E-state index contributed by atoms with van der Waals surface area (Å²) in [6, 6.07) is 5.15. The van der Waals surface area contributed by atoms with Crippen LogP contribution in [-0.2, 0) is 0 Å². The zero-order chi connectivity index (χ0) is 23.1. The average Bonchev–Trinajstić information content (AvgIpc) is 3.43. The van der Waals surface area contributed by atoms with Gasteiger partial charge in [0.2, 0.25) is 0 Å². The second-order valence-corrected chi connectivity index (χ2v) is 9.29. The van der Waals surface area contributed by atoms with Crippen molar-refractivity contribution in [3.8, 4) is 5.13 Å². The van der Waals surface area contributed by atoms with Crippen molar-refractivity contribution < 1.29 is 9.90 Å². The lowest BCUT2D eigenvalue weighted by Crippen LogP contribution is -2.32. The number of nitrogens with zero attached hydrogens (tertiary/aromatic N) is 5. The first-order chi connectivity index (χ1) is 15.9. The number of thiazole rings is 1. The molecule has 11 heteroatoms. The first-order valence-electron chi connectivity index (χ1n) is 10.6. The van der Waals surface area contributed by atoms with Crippen LogP contribution in [0.1, 0.15) is 34.5 Å². The number of aliphatic hydroxyl groups excluding tert-OH is 1. The fourth-order valence-electron chi connectivity index (χ4n) is 3.87. The van der Waals surface area contributed by atoms with E-state index in [9.17, 15) is 14.7 Å². The number of aromatic nitrogens is 5. The Morgan fingerprint density at radius 1 is 1.33 bits per heavy atom. The van der Waals surface area contributed by atoms with E-state index in [1.165, 1.54) is 22.1 Å². The van der Waals surface area contributed by atoms with Crippen LogP contribution in [0.5, 0.6) is 0 Å². The highest BCUT2D eigenvalue weighted by atomic mass is 32.1. The van der Waals surface area contributed by atoms with E-state index in [0.29, 0.717) is 33.7 Å². The van der Waals surface area contributed by atoms with Gasteiger partial charge in [0.15, 0.2) is 16.6 Å². The molecule has 4 heterocycles. The normalized spacial score (nSPS) is 17.7. The fraction of sp³-hybridized carbons (Fsp3) is 0.318. The Hall–Kier alpha value is -3.57. The van der Waals surface area contributed by atoms with E-state index in [0.717, 1.165) is 17.7 Å². The molecule has 0 bridgehead atoms. The molecular formula is C22H23N7O3S. The summed E-state index contributed by atoms with van der Waals surface area (Å²) in [7, 11) is 1.74. The Balaban J connectivity index is 1.50. The molecule has 0 spiro atoms. The molecule has 3 N–H and O–H groups in total. The van der Waals surface area contributed by atoms with Crippen molar-refractivity contribution in [1.82, 2.24) is 24.1 Å². The molecule has 0 unspecified atom stereocenters. The lowest BCUT2D eigenvalue weighted by molar-refractivity contribution is 0.0199. The maximum absolute atomic E-state index is 13.0. The zero-order valence-corrected chi connectivity index (χ0v) is 19.0. The molecule has 1 fully saturated rings. The number of ketones is 1. The molecule has 1 aliphatic carbocycles. The first-order valence-corrected chi connectivity index (χ1v) is 11.5. The number of Topliss-reactive ketones (excluding diaryl/α,β-unsaturated/α-hetero) is 1. The van der Waals surface area contributed by atoms with Gasteiger partial charge in [-0.2, -0.15) is 9.61 Å². The van der Waals surface area contributed by atoms with Crippen LogP contribution in [0.25, 0.3) is 10.8 Å². The van der Waals surface area contributed by atoms with Gasteiger partial charge in [-0.3, -0.25) is 14.2 Å². The van der Waals surface area contributed by atoms with Crippen molar-refractivity contribution in [3.05, 3.63) is 57.6 Å². The second-order valence-electron chi connectivity index (χ2n) is 8.08. The number of hydrogen-bond donors (Lipinski definition) is 3. The largest absolute Gasteiger partial charge is 0.393 e. The Morgan fingerprint density at radius 2 is 2.18 bits per heavy atom. The van der Waals surface area contributed by atoms with Gasteiger partial charge in [-0.15, -0.1) is 11.3 Å². The lowest BCUT2D eigenvalue weighted by Gasteiger charge is -2.31. The topological polar surface area (TPSA) is 126 Å². The molecule has 0 saturated heterocycles. The van der Waals surface area contributed by atoms with Gasteiger partial charge in [0.05, 0.1) is 17.9 Å². The van der Waals surface area contributed by atoms with Crippen LogP contribution in [0.2, 0.25) is 0 Å². The minimum absolute atomic E-state index is 0.0187. The van der Waals surface area contributed by atoms with Crippen LogP contribution in [-0.4, -0.2) is 48.2 Å². The summed E-state index contributed by atoms with van der Waals surface area (Å²) in [5.74, 6) is 0.878. The molecule has 0 aliphatic heterocycles. The predicted molar refractivity (Wildman–Crippen MR) is 126 cm³/mol. The number of pyridine rings is 1. The lowest BCUT2D eigenvalue weighted by atomic mass is 9.78. The van der Waals surface area contributed by atoms with Crippen molar-refractivity contribution >= 4 is 40.1 Å². The molecule has 5 rings (SSSR count). The van der Waals surface area contributed by atoms with Gasteiger partial charge < -0.3 is 15.7 Å². The summed E-state index contributed by atoms with van der Waals surface area (Å²) >= 11 is 1.43. The third kappa shape index (κ3) is 3.89. The highest BCUT2D eigenvalue weighted by molar-refractivity contribution is 7.13. The number of aryl methyl sites for hydroxylation is 1. The van der Waals surface area contributed by atoms with Crippen LogP contribution < -0.4 is 16.2 Å². The SMILES string of the molecule is CNc1cc(Nc2cccn(-c3ncc(C)s3)c2=O)nc2c(C(=O)C[C@@H]3CC[C@H]3O)cnn12. The fourth-order valence-corrected chi connectivity index (χ4v) is 4.61. The molecule has 1 saturated carbocycles. The summed E-state index contributed by atoms with van der Waals surface area (Å²) in [6.07, 6.45) is 6.31. The first kappa shape index (κ1) is 21.3. The summed E-state index contributed by atoms with van der Waals surface area (Å²) in [6.45, 7) is 1.93. The molecule has 0 radical (unpaired) electrons. The van der Waals surface area contributed by atoms with Crippen molar-refractivity contribution in [2.45, 2.75) is 32.3 Å².